The standard InChI is InChI=1S/C23H16BrN3O4/c24-21-13-17(6-11-22(21)31-15-16-4-2-1-3-5-16)12-18(14-25)23(28)26-19-7-9-20(10-8-19)27(29)30/h1-13H,15H2,(H,26,28). The Bertz CT molecular complexity index is 1170. The van der Waals surface area contributed by atoms with Crippen LogP contribution in [0.5, 0.6) is 5.75 Å². The summed E-state index contributed by atoms with van der Waals surface area (Å²) in [4.78, 5) is 22.6. The van der Waals surface area contributed by atoms with E-state index in [2.05, 4.69) is 21.2 Å². The lowest BCUT2D eigenvalue weighted by Gasteiger charge is -2.09. The third-order valence-electron chi connectivity index (χ3n) is 4.21. The van der Waals surface area contributed by atoms with E-state index in [1.807, 2.05) is 36.4 Å². The molecule has 3 aromatic carbocycles. The summed E-state index contributed by atoms with van der Waals surface area (Å²) < 4.78 is 6.49. The number of halogens is 1. The fraction of sp³-hybridized carbons (Fsp3) is 0.0435. The third-order valence-corrected chi connectivity index (χ3v) is 4.82. The number of nitrogens with zero attached hydrogens (tertiary/aromatic N) is 2. The second-order valence-electron chi connectivity index (χ2n) is 6.39. The molecule has 31 heavy (non-hydrogen) atoms. The van der Waals surface area contributed by atoms with Gasteiger partial charge in [0.15, 0.2) is 0 Å². The number of nitrogens with one attached hydrogen (secondary N) is 1. The summed E-state index contributed by atoms with van der Waals surface area (Å²) in [5, 5.41) is 22.6. The van der Waals surface area contributed by atoms with Crippen molar-refractivity contribution in [1.29, 1.82) is 5.26 Å². The number of nitro groups is 1. The summed E-state index contributed by atoms with van der Waals surface area (Å²) in [7, 11) is 0. The van der Waals surface area contributed by atoms with E-state index in [0.29, 0.717) is 28.1 Å². The molecule has 0 saturated carbocycles. The van der Waals surface area contributed by atoms with E-state index in [0.717, 1.165) is 5.56 Å². The van der Waals surface area contributed by atoms with Gasteiger partial charge in [0, 0.05) is 17.8 Å². The molecule has 0 atom stereocenters. The maximum atomic E-state index is 12.4. The van der Waals surface area contributed by atoms with Crippen LogP contribution in [-0.2, 0) is 11.4 Å². The van der Waals surface area contributed by atoms with Crippen LogP contribution >= 0.6 is 15.9 Å². The number of rotatable bonds is 7. The summed E-state index contributed by atoms with van der Waals surface area (Å²) in [5.74, 6) is 0.0201. The van der Waals surface area contributed by atoms with E-state index < -0.39 is 10.8 Å². The van der Waals surface area contributed by atoms with Gasteiger partial charge in [0.05, 0.1) is 9.40 Å². The monoisotopic (exact) mass is 477 g/mol. The Hall–Kier alpha value is -3.96. The molecule has 154 valence electrons. The summed E-state index contributed by atoms with van der Waals surface area (Å²) in [6.07, 6.45) is 1.45. The number of benzene rings is 3. The Labute approximate surface area is 186 Å². The van der Waals surface area contributed by atoms with Crippen molar-refractivity contribution in [2.24, 2.45) is 0 Å². The number of nitriles is 1. The predicted molar refractivity (Wildman–Crippen MR) is 120 cm³/mol. The maximum Gasteiger partial charge on any atom is 0.269 e. The van der Waals surface area contributed by atoms with Crippen molar-refractivity contribution in [2.75, 3.05) is 5.32 Å². The molecule has 0 spiro atoms. The van der Waals surface area contributed by atoms with Gasteiger partial charge in [-0.05, 0) is 57.4 Å². The Kier molecular flexibility index (Phi) is 7.14. The zero-order valence-corrected chi connectivity index (χ0v) is 17.7. The Morgan fingerprint density at radius 2 is 1.84 bits per heavy atom. The average molecular weight is 478 g/mol. The van der Waals surface area contributed by atoms with E-state index in [-0.39, 0.29) is 11.3 Å². The molecular formula is C23H16BrN3O4. The lowest BCUT2D eigenvalue weighted by Crippen LogP contribution is -2.13. The van der Waals surface area contributed by atoms with Crippen LogP contribution in [0.4, 0.5) is 11.4 Å². The third kappa shape index (κ3) is 6.01. The molecule has 0 unspecified atom stereocenters. The quantitative estimate of drug-likeness (QED) is 0.210. The minimum atomic E-state index is -0.614. The van der Waals surface area contributed by atoms with Gasteiger partial charge in [-0.2, -0.15) is 5.26 Å². The van der Waals surface area contributed by atoms with Gasteiger partial charge in [-0.3, -0.25) is 14.9 Å². The van der Waals surface area contributed by atoms with Crippen molar-refractivity contribution in [3.63, 3.8) is 0 Å². The van der Waals surface area contributed by atoms with Crippen molar-refractivity contribution in [3.8, 4) is 11.8 Å². The Morgan fingerprint density at radius 1 is 1.13 bits per heavy atom. The topological polar surface area (TPSA) is 105 Å². The number of anilines is 1. The molecule has 0 aliphatic carbocycles. The van der Waals surface area contributed by atoms with Crippen LogP contribution in [0.15, 0.2) is 82.8 Å². The number of non-ortho nitro benzene ring substituents is 1. The molecule has 0 fully saturated rings. The second kappa shape index (κ2) is 10.2. The first kappa shape index (κ1) is 21.7. The number of hydrogen-bond donors (Lipinski definition) is 1. The Morgan fingerprint density at radius 3 is 2.45 bits per heavy atom. The van der Waals surface area contributed by atoms with Gasteiger partial charge < -0.3 is 10.1 Å². The summed E-state index contributed by atoms with van der Waals surface area (Å²) in [5.41, 5.74) is 1.82. The molecule has 0 heterocycles. The Balaban J connectivity index is 1.69. The number of carbonyl (C=O) groups excluding carboxylic acids is 1. The molecule has 3 aromatic rings. The van der Waals surface area contributed by atoms with Gasteiger partial charge in [0.2, 0.25) is 0 Å². The molecule has 0 radical (unpaired) electrons. The highest BCUT2D eigenvalue weighted by Crippen LogP contribution is 2.28. The number of amides is 1. The lowest BCUT2D eigenvalue weighted by molar-refractivity contribution is -0.384. The number of nitro benzene ring substituents is 1. The molecule has 7 nitrogen and oxygen atoms in total. The van der Waals surface area contributed by atoms with E-state index in [9.17, 15) is 20.2 Å². The van der Waals surface area contributed by atoms with Gasteiger partial charge in [0.25, 0.3) is 11.6 Å². The van der Waals surface area contributed by atoms with Crippen LogP contribution in [0.2, 0.25) is 0 Å². The zero-order chi connectivity index (χ0) is 22.2. The second-order valence-corrected chi connectivity index (χ2v) is 7.25. The summed E-state index contributed by atoms with van der Waals surface area (Å²) in [6, 6.07) is 22.2. The smallest absolute Gasteiger partial charge is 0.269 e. The van der Waals surface area contributed by atoms with Gasteiger partial charge in [0.1, 0.15) is 24.0 Å². The van der Waals surface area contributed by atoms with Crippen molar-refractivity contribution in [2.45, 2.75) is 6.61 Å². The van der Waals surface area contributed by atoms with E-state index in [1.54, 1.807) is 18.2 Å². The number of carbonyl (C=O) groups is 1. The summed E-state index contributed by atoms with van der Waals surface area (Å²) >= 11 is 3.45. The molecule has 1 N–H and O–H groups in total. The molecule has 0 bridgehead atoms. The maximum absolute atomic E-state index is 12.4. The molecule has 0 aliphatic rings. The first-order chi connectivity index (χ1) is 15.0. The van der Waals surface area contributed by atoms with Gasteiger partial charge in [-0.25, -0.2) is 0 Å². The molecular weight excluding hydrogens is 462 g/mol. The van der Waals surface area contributed by atoms with Crippen LogP contribution in [0.25, 0.3) is 6.08 Å². The SMILES string of the molecule is N#CC(=Cc1ccc(OCc2ccccc2)c(Br)c1)C(=O)Nc1ccc([N+](=O)[O-])cc1. The predicted octanol–water partition coefficient (Wildman–Crippen LogP) is 5.48. The van der Waals surface area contributed by atoms with E-state index in [1.165, 1.54) is 30.3 Å². The van der Waals surface area contributed by atoms with Crippen LogP contribution in [0.3, 0.4) is 0 Å². The first-order valence-electron chi connectivity index (χ1n) is 9.10. The zero-order valence-electron chi connectivity index (χ0n) is 16.1. The van der Waals surface area contributed by atoms with Crippen molar-refractivity contribution in [3.05, 3.63) is 104 Å². The number of hydrogen-bond acceptors (Lipinski definition) is 5. The highest BCUT2D eigenvalue weighted by Gasteiger charge is 2.12. The van der Waals surface area contributed by atoms with E-state index in [4.69, 9.17) is 4.74 Å². The molecule has 0 aliphatic heterocycles. The highest BCUT2D eigenvalue weighted by atomic mass is 79.9. The fourth-order valence-corrected chi connectivity index (χ4v) is 3.15. The fourth-order valence-electron chi connectivity index (χ4n) is 2.64. The molecule has 0 aromatic heterocycles. The largest absolute Gasteiger partial charge is 0.488 e. The van der Waals surface area contributed by atoms with Crippen LogP contribution in [0.1, 0.15) is 11.1 Å². The minimum Gasteiger partial charge on any atom is -0.488 e. The van der Waals surface area contributed by atoms with Crippen LogP contribution in [0, 0.1) is 21.4 Å². The van der Waals surface area contributed by atoms with Crippen molar-refractivity contribution in [1.82, 2.24) is 0 Å². The van der Waals surface area contributed by atoms with Gasteiger partial charge in [-0.15, -0.1) is 0 Å². The average Bonchev–Trinajstić information content (AvgIpc) is 2.77. The van der Waals surface area contributed by atoms with Crippen LogP contribution in [-0.4, -0.2) is 10.8 Å². The molecule has 0 saturated heterocycles. The minimum absolute atomic E-state index is 0.0894. The van der Waals surface area contributed by atoms with Crippen molar-refractivity contribution < 1.29 is 14.5 Å². The number of ether oxygens (including phenoxy) is 1. The highest BCUT2D eigenvalue weighted by molar-refractivity contribution is 9.10. The molecule has 8 heteroatoms. The van der Waals surface area contributed by atoms with Crippen molar-refractivity contribution >= 4 is 39.3 Å². The normalized spacial score (nSPS) is 10.8. The van der Waals surface area contributed by atoms with E-state index >= 15 is 0 Å². The van der Waals surface area contributed by atoms with Crippen LogP contribution < -0.4 is 10.1 Å². The molecule has 1 amide bonds. The molecule has 3 rings (SSSR count). The van der Waals surface area contributed by atoms with Gasteiger partial charge in [-0.1, -0.05) is 36.4 Å². The first-order valence-corrected chi connectivity index (χ1v) is 9.89. The van der Waals surface area contributed by atoms with Gasteiger partial charge >= 0.3 is 0 Å². The summed E-state index contributed by atoms with van der Waals surface area (Å²) in [6.45, 7) is 0.412. The lowest BCUT2D eigenvalue weighted by atomic mass is 10.1.